The molecule has 0 spiro atoms. The average molecular weight is 317 g/mol. The number of aromatic nitrogens is 2. The number of allylic oxidation sites excluding steroid dienone is 1. The summed E-state index contributed by atoms with van der Waals surface area (Å²) in [5.74, 6) is 0.775. The normalized spacial score (nSPS) is 15.2. The van der Waals surface area contributed by atoms with E-state index < -0.39 is 0 Å². The van der Waals surface area contributed by atoms with E-state index in [1.54, 1.807) is 16.7 Å². The van der Waals surface area contributed by atoms with Crippen LogP contribution in [0.4, 0.5) is 5.69 Å². The van der Waals surface area contributed by atoms with Crippen LogP contribution in [-0.2, 0) is 6.54 Å². The van der Waals surface area contributed by atoms with Crippen LogP contribution in [0.3, 0.4) is 0 Å². The summed E-state index contributed by atoms with van der Waals surface area (Å²) in [6, 6.07) is 11.7. The molecular formula is C20H19N3O. The Morgan fingerprint density at radius 3 is 2.79 bits per heavy atom. The van der Waals surface area contributed by atoms with E-state index in [0.717, 1.165) is 17.8 Å². The average Bonchev–Trinajstić information content (AvgIpc) is 2.94. The number of hydrogen-bond donors (Lipinski definition) is 1. The Hall–Kier alpha value is -2.88. The van der Waals surface area contributed by atoms with E-state index in [9.17, 15) is 4.79 Å². The first-order valence-electron chi connectivity index (χ1n) is 8.11. The molecule has 4 heteroatoms. The molecular weight excluding hydrogens is 298 g/mol. The molecule has 4 nitrogen and oxygen atoms in total. The number of nitrogen functional groups attached to an aromatic ring is 1. The predicted octanol–water partition coefficient (Wildman–Crippen LogP) is 3.54. The predicted molar refractivity (Wildman–Crippen MR) is 98.8 cm³/mol. The van der Waals surface area contributed by atoms with Gasteiger partial charge in [0.1, 0.15) is 5.82 Å². The zero-order valence-electron chi connectivity index (χ0n) is 13.8. The first-order chi connectivity index (χ1) is 11.5. The van der Waals surface area contributed by atoms with E-state index in [1.807, 2.05) is 6.07 Å². The van der Waals surface area contributed by atoms with Gasteiger partial charge < -0.3 is 5.73 Å². The Morgan fingerprint density at radius 1 is 1.17 bits per heavy atom. The van der Waals surface area contributed by atoms with Gasteiger partial charge in [-0.3, -0.25) is 9.36 Å². The SMILES string of the molecule is Cc1ccc(/C=C2\CCn3c2nc2ccc(N)cc2c3=O)c(C)c1. The van der Waals surface area contributed by atoms with Crippen LogP contribution in [-0.4, -0.2) is 9.55 Å². The lowest BCUT2D eigenvalue weighted by Crippen LogP contribution is -2.20. The summed E-state index contributed by atoms with van der Waals surface area (Å²) in [7, 11) is 0. The number of nitrogens with zero attached hydrogens (tertiary/aromatic N) is 2. The molecule has 24 heavy (non-hydrogen) atoms. The largest absolute Gasteiger partial charge is 0.399 e. The van der Waals surface area contributed by atoms with Crippen molar-refractivity contribution in [1.82, 2.24) is 9.55 Å². The Morgan fingerprint density at radius 2 is 2.00 bits per heavy atom. The minimum Gasteiger partial charge on any atom is -0.399 e. The van der Waals surface area contributed by atoms with Gasteiger partial charge in [-0.05, 0) is 61.2 Å². The van der Waals surface area contributed by atoms with Crippen molar-refractivity contribution in [3.8, 4) is 0 Å². The second kappa shape index (κ2) is 5.34. The van der Waals surface area contributed by atoms with Crippen LogP contribution in [0.25, 0.3) is 22.6 Å². The van der Waals surface area contributed by atoms with E-state index in [-0.39, 0.29) is 5.56 Å². The molecule has 2 heterocycles. The molecule has 1 aromatic heterocycles. The Bertz CT molecular complexity index is 1060. The van der Waals surface area contributed by atoms with Crippen LogP contribution in [0.1, 0.15) is 28.9 Å². The lowest BCUT2D eigenvalue weighted by atomic mass is 10.0. The fraction of sp³-hybridized carbons (Fsp3) is 0.200. The quantitative estimate of drug-likeness (QED) is 0.698. The molecule has 0 saturated carbocycles. The van der Waals surface area contributed by atoms with Gasteiger partial charge in [-0.25, -0.2) is 4.98 Å². The smallest absolute Gasteiger partial charge is 0.261 e. The highest BCUT2D eigenvalue weighted by Crippen LogP contribution is 2.28. The monoisotopic (exact) mass is 317 g/mol. The molecule has 1 aliphatic heterocycles. The van der Waals surface area contributed by atoms with Crippen molar-refractivity contribution in [3.63, 3.8) is 0 Å². The molecule has 2 N–H and O–H groups in total. The molecule has 0 bridgehead atoms. The van der Waals surface area contributed by atoms with Gasteiger partial charge in [0.15, 0.2) is 0 Å². The van der Waals surface area contributed by atoms with Crippen LogP contribution < -0.4 is 11.3 Å². The lowest BCUT2D eigenvalue weighted by molar-refractivity contribution is 0.725. The molecule has 1 aliphatic rings. The first kappa shape index (κ1) is 14.7. The Kier molecular flexibility index (Phi) is 3.27. The van der Waals surface area contributed by atoms with E-state index in [1.165, 1.54) is 16.7 Å². The number of fused-ring (bicyclic) bond motifs is 2. The topological polar surface area (TPSA) is 60.9 Å². The number of aryl methyl sites for hydroxylation is 2. The highest BCUT2D eigenvalue weighted by molar-refractivity contribution is 5.86. The second-order valence-electron chi connectivity index (χ2n) is 6.45. The van der Waals surface area contributed by atoms with Gasteiger partial charge in [0.25, 0.3) is 5.56 Å². The summed E-state index contributed by atoms with van der Waals surface area (Å²) >= 11 is 0. The molecule has 2 aromatic carbocycles. The van der Waals surface area contributed by atoms with Crippen LogP contribution in [0.15, 0.2) is 41.2 Å². The standard InChI is InChI=1S/C20H19N3O/c1-12-3-4-14(13(2)9-12)10-15-7-8-23-19(15)22-18-6-5-16(21)11-17(18)20(23)24/h3-6,9-11H,7-8,21H2,1-2H3/b15-10+. The van der Waals surface area contributed by atoms with Crippen molar-refractivity contribution in [3.05, 3.63) is 69.3 Å². The molecule has 120 valence electrons. The van der Waals surface area contributed by atoms with Crippen molar-refractivity contribution in [1.29, 1.82) is 0 Å². The van der Waals surface area contributed by atoms with Crippen molar-refractivity contribution in [2.45, 2.75) is 26.8 Å². The molecule has 0 aliphatic carbocycles. The fourth-order valence-electron chi connectivity index (χ4n) is 3.35. The summed E-state index contributed by atoms with van der Waals surface area (Å²) in [4.78, 5) is 17.4. The fourth-order valence-corrected chi connectivity index (χ4v) is 3.35. The summed E-state index contributed by atoms with van der Waals surface area (Å²) in [5, 5.41) is 0.589. The number of nitrogens with two attached hydrogens (primary N) is 1. The zero-order valence-corrected chi connectivity index (χ0v) is 13.8. The van der Waals surface area contributed by atoms with E-state index >= 15 is 0 Å². The molecule has 0 unspecified atom stereocenters. The third-order valence-electron chi connectivity index (χ3n) is 4.63. The van der Waals surface area contributed by atoms with Gasteiger partial charge in [0.05, 0.1) is 10.9 Å². The highest BCUT2D eigenvalue weighted by atomic mass is 16.1. The van der Waals surface area contributed by atoms with E-state index in [4.69, 9.17) is 10.7 Å². The van der Waals surface area contributed by atoms with Gasteiger partial charge in [-0.1, -0.05) is 23.8 Å². The minimum atomic E-state index is -0.00803. The molecule has 4 rings (SSSR count). The number of hydrogen-bond acceptors (Lipinski definition) is 3. The van der Waals surface area contributed by atoms with Crippen LogP contribution >= 0.6 is 0 Å². The Labute approximate surface area is 140 Å². The number of rotatable bonds is 1. The first-order valence-corrected chi connectivity index (χ1v) is 8.11. The number of anilines is 1. The molecule has 0 radical (unpaired) electrons. The maximum absolute atomic E-state index is 12.7. The lowest BCUT2D eigenvalue weighted by Gasteiger charge is -2.07. The highest BCUT2D eigenvalue weighted by Gasteiger charge is 2.21. The van der Waals surface area contributed by atoms with E-state index in [2.05, 4.69) is 38.1 Å². The van der Waals surface area contributed by atoms with Gasteiger partial charge in [-0.15, -0.1) is 0 Å². The van der Waals surface area contributed by atoms with Crippen molar-refractivity contribution >= 4 is 28.2 Å². The molecule has 0 atom stereocenters. The van der Waals surface area contributed by atoms with Crippen LogP contribution in [0.5, 0.6) is 0 Å². The van der Waals surface area contributed by atoms with Gasteiger partial charge >= 0.3 is 0 Å². The van der Waals surface area contributed by atoms with Crippen molar-refractivity contribution in [2.75, 3.05) is 5.73 Å². The van der Waals surface area contributed by atoms with E-state index in [0.29, 0.717) is 23.1 Å². The van der Waals surface area contributed by atoms with Crippen LogP contribution in [0, 0.1) is 13.8 Å². The van der Waals surface area contributed by atoms with Crippen molar-refractivity contribution in [2.24, 2.45) is 0 Å². The van der Waals surface area contributed by atoms with Crippen molar-refractivity contribution < 1.29 is 0 Å². The maximum atomic E-state index is 12.7. The zero-order chi connectivity index (χ0) is 16.8. The molecule has 3 aromatic rings. The maximum Gasteiger partial charge on any atom is 0.261 e. The van der Waals surface area contributed by atoms with Gasteiger partial charge in [-0.2, -0.15) is 0 Å². The Balaban J connectivity index is 1.90. The minimum absolute atomic E-state index is 0.00803. The summed E-state index contributed by atoms with van der Waals surface area (Å²) in [6.07, 6.45) is 2.98. The summed E-state index contributed by atoms with van der Waals surface area (Å²) in [5.41, 5.74) is 11.9. The molecule has 0 amide bonds. The summed E-state index contributed by atoms with van der Waals surface area (Å²) in [6.45, 7) is 4.87. The second-order valence-corrected chi connectivity index (χ2v) is 6.45. The van der Waals surface area contributed by atoms with Gasteiger partial charge in [0.2, 0.25) is 0 Å². The van der Waals surface area contributed by atoms with Crippen LogP contribution in [0.2, 0.25) is 0 Å². The number of benzene rings is 2. The third-order valence-corrected chi connectivity index (χ3v) is 4.63. The van der Waals surface area contributed by atoms with Gasteiger partial charge in [0, 0.05) is 12.2 Å². The molecule has 0 saturated heterocycles. The third kappa shape index (κ3) is 2.31. The molecule has 0 fully saturated rings. The summed E-state index contributed by atoms with van der Waals surface area (Å²) < 4.78 is 1.76.